The van der Waals surface area contributed by atoms with Crippen molar-refractivity contribution in [2.24, 2.45) is 0 Å². The summed E-state index contributed by atoms with van der Waals surface area (Å²) in [6.07, 6.45) is 0.912. The van der Waals surface area contributed by atoms with E-state index < -0.39 is 0 Å². The molecule has 1 aromatic carbocycles. The molecule has 0 spiro atoms. The lowest BCUT2D eigenvalue weighted by atomic mass is 10.0. The molecule has 0 unspecified atom stereocenters. The number of nitrogens with zero attached hydrogens (tertiary/aromatic N) is 4. The monoisotopic (exact) mass is 230 g/mol. The average Bonchev–Trinajstić information content (AvgIpc) is 2.73. The molecule has 0 aliphatic heterocycles. The van der Waals surface area contributed by atoms with Gasteiger partial charge in [-0.1, -0.05) is 31.2 Å². The number of hydrogen-bond acceptors (Lipinski definition) is 3. The van der Waals surface area contributed by atoms with Crippen LogP contribution in [0.2, 0.25) is 0 Å². The second kappa shape index (κ2) is 4.57. The lowest BCUT2D eigenvalue weighted by molar-refractivity contribution is 0.585. The van der Waals surface area contributed by atoms with Gasteiger partial charge in [0.1, 0.15) is 5.69 Å². The van der Waals surface area contributed by atoms with Gasteiger partial charge in [-0.3, -0.25) is 0 Å². The Balaban J connectivity index is 2.57. The molecule has 17 heavy (non-hydrogen) atoms. The van der Waals surface area contributed by atoms with E-state index in [2.05, 4.69) is 36.3 Å². The van der Waals surface area contributed by atoms with E-state index in [1.807, 2.05) is 36.0 Å². The molecule has 1 heterocycles. The van der Waals surface area contributed by atoms with Gasteiger partial charge in [-0.2, -0.15) is 4.79 Å². The third-order valence-corrected chi connectivity index (χ3v) is 2.86. The van der Waals surface area contributed by atoms with Crippen LogP contribution in [0.3, 0.4) is 0 Å². The van der Waals surface area contributed by atoms with Gasteiger partial charge in [-0.05, 0) is 24.1 Å². The van der Waals surface area contributed by atoms with Crippen LogP contribution in [-0.4, -0.2) is 29.2 Å². The molecule has 0 atom stereocenters. The van der Waals surface area contributed by atoms with Gasteiger partial charge in [0.05, 0.1) is 5.69 Å². The van der Waals surface area contributed by atoms with Crippen LogP contribution in [0.15, 0.2) is 24.3 Å². The normalized spacial score (nSPS) is 10.6. The fourth-order valence-electron chi connectivity index (χ4n) is 1.97. The Labute approximate surface area is 102 Å². The Morgan fingerprint density at radius 1 is 1.24 bits per heavy atom. The molecule has 0 bridgehead atoms. The summed E-state index contributed by atoms with van der Waals surface area (Å²) in [7, 11) is 3.94. The molecule has 0 fully saturated rings. The minimum Gasteiger partial charge on any atom is -0.301 e. The molecule has 0 radical (unpaired) electrons. The molecule has 0 aliphatic rings. The fraction of sp³-hybridized carbons (Fsp3) is 0.385. The molecule has 2 rings (SSSR count). The molecule has 4 heteroatoms. The molecule has 0 aliphatic carbocycles. The fourth-order valence-corrected chi connectivity index (χ4v) is 1.97. The molecule has 4 nitrogen and oxygen atoms in total. The van der Waals surface area contributed by atoms with Crippen molar-refractivity contribution in [3.8, 4) is 11.3 Å². The van der Waals surface area contributed by atoms with E-state index in [0.717, 1.165) is 23.4 Å². The number of aromatic nitrogens is 3. The van der Waals surface area contributed by atoms with Gasteiger partial charge in [-0.15, -0.1) is 5.10 Å². The Bertz CT molecular complexity index is 514. The molecule has 1 aromatic heterocycles. The predicted octanol–water partition coefficient (Wildman–Crippen LogP) is 2.01. The first-order valence-corrected chi connectivity index (χ1v) is 5.83. The Morgan fingerprint density at radius 3 is 2.53 bits per heavy atom. The maximum atomic E-state index is 4.31. The Hall–Kier alpha value is -1.84. The topological polar surface area (TPSA) is 34.0 Å². The van der Waals surface area contributed by atoms with E-state index >= 15 is 0 Å². The molecule has 0 N–H and O–H groups in total. The molecular formula is C13H18N4. The van der Waals surface area contributed by atoms with Crippen molar-refractivity contribution < 1.29 is 0 Å². The van der Waals surface area contributed by atoms with E-state index in [-0.39, 0.29) is 0 Å². The summed E-state index contributed by atoms with van der Waals surface area (Å²) in [5.74, 6) is 0. The zero-order chi connectivity index (χ0) is 12.4. The second-order valence-corrected chi connectivity index (χ2v) is 4.29. The van der Waals surface area contributed by atoms with E-state index in [9.17, 15) is 0 Å². The lowest BCUT2D eigenvalue weighted by Gasteiger charge is -2.14. The smallest absolute Gasteiger partial charge is 0.118 e. The van der Waals surface area contributed by atoms with Crippen molar-refractivity contribution in [3.63, 3.8) is 0 Å². The first-order chi connectivity index (χ1) is 8.15. The van der Waals surface area contributed by atoms with E-state index in [4.69, 9.17) is 0 Å². The standard InChI is InChI=1S/C13H18N4/c1-5-12-13(14-15-17(12)16(3)4)11-9-7-6-8-10(11)2/h6-9H,5H2,1-4H3. The highest BCUT2D eigenvalue weighted by Crippen LogP contribution is 2.24. The summed E-state index contributed by atoms with van der Waals surface area (Å²) in [5, 5.41) is 10.4. The van der Waals surface area contributed by atoms with Crippen molar-refractivity contribution in [1.29, 1.82) is 0 Å². The highest BCUT2D eigenvalue weighted by molar-refractivity contribution is 5.65. The van der Waals surface area contributed by atoms with Gasteiger partial charge in [0.15, 0.2) is 0 Å². The van der Waals surface area contributed by atoms with Crippen molar-refractivity contribution >= 4 is 0 Å². The number of rotatable bonds is 3. The van der Waals surface area contributed by atoms with E-state index in [1.165, 1.54) is 5.56 Å². The van der Waals surface area contributed by atoms with E-state index in [1.54, 1.807) is 0 Å². The third kappa shape index (κ3) is 2.02. The third-order valence-electron chi connectivity index (χ3n) is 2.86. The van der Waals surface area contributed by atoms with Gasteiger partial charge < -0.3 is 5.01 Å². The van der Waals surface area contributed by atoms with Crippen LogP contribution in [0, 0.1) is 6.92 Å². The first-order valence-electron chi connectivity index (χ1n) is 5.83. The zero-order valence-corrected chi connectivity index (χ0v) is 10.8. The number of aryl methyl sites for hydroxylation is 1. The van der Waals surface area contributed by atoms with Crippen LogP contribution in [0.4, 0.5) is 0 Å². The molecule has 0 saturated heterocycles. The van der Waals surface area contributed by atoms with E-state index in [0.29, 0.717) is 0 Å². The summed E-state index contributed by atoms with van der Waals surface area (Å²) in [6, 6.07) is 8.28. The maximum absolute atomic E-state index is 4.31. The van der Waals surface area contributed by atoms with Gasteiger partial charge in [0, 0.05) is 19.7 Å². The van der Waals surface area contributed by atoms with Gasteiger partial charge in [-0.25, -0.2) is 0 Å². The number of hydrogen-bond donors (Lipinski definition) is 0. The van der Waals surface area contributed by atoms with Gasteiger partial charge >= 0.3 is 0 Å². The summed E-state index contributed by atoms with van der Waals surface area (Å²) < 4.78 is 0. The van der Waals surface area contributed by atoms with Crippen molar-refractivity contribution in [1.82, 2.24) is 15.1 Å². The molecule has 0 saturated carbocycles. The molecule has 2 aromatic rings. The largest absolute Gasteiger partial charge is 0.301 e. The first kappa shape index (κ1) is 11.6. The average molecular weight is 230 g/mol. The van der Waals surface area contributed by atoms with Crippen molar-refractivity contribution in [2.45, 2.75) is 20.3 Å². The van der Waals surface area contributed by atoms with Crippen LogP contribution in [-0.2, 0) is 6.42 Å². The number of benzene rings is 1. The highest BCUT2D eigenvalue weighted by Gasteiger charge is 2.15. The summed E-state index contributed by atoms with van der Waals surface area (Å²) in [6.45, 7) is 4.23. The summed E-state index contributed by atoms with van der Waals surface area (Å²) in [4.78, 5) is 1.85. The SMILES string of the molecule is CCc1c(-c2ccccc2C)nnn1N(C)C. The minimum absolute atomic E-state index is 0.912. The molecular weight excluding hydrogens is 212 g/mol. The Morgan fingerprint density at radius 2 is 1.94 bits per heavy atom. The highest BCUT2D eigenvalue weighted by atomic mass is 15.7. The van der Waals surface area contributed by atoms with Crippen LogP contribution in [0.1, 0.15) is 18.2 Å². The van der Waals surface area contributed by atoms with Crippen LogP contribution < -0.4 is 5.01 Å². The minimum atomic E-state index is 0.912. The molecule has 0 amide bonds. The predicted molar refractivity (Wildman–Crippen MR) is 69.6 cm³/mol. The van der Waals surface area contributed by atoms with Crippen molar-refractivity contribution in [3.05, 3.63) is 35.5 Å². The van der Waals surface area contributed by atoms with Crippen molar-refractivity contribution in [2.75, 3.05) is 19.1 Å². The second-order valence-electron chi connectivity index (χ2n) is 4.29. The Kier molecular flexibility index (Phi) is 3.13. The summed E-state index contributed by atoms with van der Waals surface area (Å²) in [5.41, 5.74) is 4.52. The summed E-state index contributed by atoms with van der Waals surface area (Å²) >= 11 is 0. The zero-order valence-electron chi connectivity index (χ0n) is 10.8. The quantitative estimate of drug-likeness (QED) is 0.809. The van der Waals surface area contributed by atoms with Gasteiger partial charge in [0.2, 0.25) is 0 Å². The molecule has 90 valence electrons. The maximum Gasteiger partial charge on any atom is 0.118 e. The van der Waals surface area contributed by atoms with Gasteiger partial charge in [0.25, 0.3) is 0 Å². The van der Waals surface area contributed by atoms with Crippen LogP contribution in [0.25, 0.3) is 11.3 Å². The van der Waals surface area contributed by atoms with Crippen LogP contribution >= 0.6 is 0 Å². The van der Waals surface area contributed by atoms with Crippen LogP contribution in [0.5, 0.6) is 0 Å². The lowest BCUT2D eigenvalue weighted by Crippen LogP contribution is -2.28.